The molecular weight excluding hydrogens is 210 g/mol. The molecule has 1 aromatic heterocycles. The molecule has 0 amide bonds. The van der Waals surface area contributed by atoms with Crippen molar-refractivity contribution in [2.45, 2.75) is 6.42 Å². The molecule has 0 radical (unpaired) electrons. The van der Waals surface area contributed by atoms with Crippen molar-refractivity contribution >= 4 is 21.9 Å². The molecule has 4 heteroatoms. The Labute approximate surface area is 72.2 Å². The smallest absolute Gasteiger partial charge is 0.309 e. The maximum Gasteiger partial charge on any atom is 0.309 e. The van der Waals surface area contributed by atoms with Crippen LogP contribution in [-0.2, 0) is 11.2 Å². The van der Waals surface area contributed by atoms with Gasteiger partial charge in [0.1, 0.15) is 0 Å². The topological polar surface area (TPSA) is 50.2 Å². The molecule has 58 valence electrons. The Balaban J connectivity index is 2.79. The normalized spacial score (nSPS) is 9.55. The molecule has 11 heavy (non-hydrogen) atoms. The number of rotatable bonds is 2. The minimum atomic E-state index is -0.865. The van der Waals surface area contributed by atoms with Gasteiger partial charge < -0.3 is 5.11 Å². The van der Waals surface area contributed by atoms with E-state index >= 15 is 0 Å². The van der Waals surface area contributed by atoms with Gasteiger partial charge in [-0.25, -0.2) is 0 Å². The summed E-state index contributed by atoms with van der Waals surface area (Å²) in [6.45, 7) is 0. The predicted octanol–water partition coefficient (Wildman–Crippen LogP) is 1.47. The summed E-state index contributed by atoms with van der Waals surface area (Å²) in [5.41, 5.74) is 0.562. The van der Waals surface area contributed by atoms with Crippen molar-refractivity contribution in [2.75, 3.05) is 0 Å². The number of carboxylic acid groups (broad SMARTS) is 1. The largest absolute Gasteiger partial charge is 0.481 e. The van der Waals surface area contributed by atoms with E-state index in [2.05, 4.69) is 20.9 Å². The van der Waals surface area contributed by atoms with Crippen molar-refractivity contribution in [1.82, 2.24) is 4.98 Å². The molecule has 0 aromatic carbocycles. The van der Waals surface area contributed by atoms with Crippen molar-refractivity contribution in [3.63, 3.8) is 0 Å². The summed E-state index contributed by atoms with van der Waals surface area (Å²) in [4.78, 5) is 14.1. The van der Waals surface area contributed by atoms with Gasteiger partial charge in [-0.15, -0.1) is 0 Å². The lowest BCUT2D eigenvalue weighted by atomic mass is 10.3. The third-order valence-electron chi connectivity index (χ3n) is 1.11. The second kappa shape index (κ2) is 3.48. The lowest BCUT2D eigenvalue weighted by molar-refractivity contribution is -0.136. The maximum absolute atomic E-state index is 10.2. The minimum Gasteiger partial charge on any atom is -0.481 e. The zero-order chi connectivity index (χ0) is 8.27. The summed E-state index contributed by atoms with van der Waals surface area (Å²) < 4.78 is 0.851. The molecule has 1 aromatic rings. The molecule has 0 aliphatic rings. The minimum absolute atomic E-state index is 0.0283. The van der Waals surface area contributed by atoms with Gasteiger partial charge in [-0.2, -0.15) is 0 Å². The van der Waals surface area contributed by atoms with Crippen LogP contribution >= 0.6 is 15.9 Å². The number of carbonyl (C=O) groups is 1. The standard InChI is InChI=1S/C7H6BrNO2/c8-5-1-2-9-6(3-5)4-7(10)11/h1-3H,4H2,(H,10,11). The zero-order valence-electron chi connectivity index (χ0n) is 5.62. The Kier molecular flexibility index (Phi) is 2.59. The molecule has 0 fully saturated rings. The summed E-state index contributed by atoms with van der Waals surface area (Å²) in [5.74, 6) is -0.865. The fraction of sp³-hybridized carbons (Fsp3) is 0.143. The number of carboxylic acids is 1. The highest BCUT2D eigenvalue weighted by Gasteiger charge is 2.00. The third kappa shape index (κ3) is 2.67. The molecule has 1 rings (SSSR count). The van der Waals surface area contributed by atoms with Crippen LogP contribution in [0.4, 0.5) is 0 Å². The lowest BCUT2D eigenvalue weighted by Gasteiger charge is -1.94. The second-order valence-electron chi connectivity index (χ2n) is 2.04. The number of hydrogen-bond donors (Lipinski definition) is 1. The summed E-state index contributed by atoms with van der Waals surface area (Å²) in [6.07, 6.45) is 1.54. The van der Waals surface area contributed by atoms with Crippen molar-refractivity contribution in [3.05, 3.63) is 28.5 Å². The Hall–Kier alpha value is -0.900. The summed E-state index contributed by atoms with van der Waals surface area (Å²) in [7, 11) is 0. The highest BCUT2D eigenvalue weighted by Crippen LogP contribution is 2.09. The fourth-order valence-corrected chi connectivity index (χ4v) is 1.08. The van der Waals surface area contributed by atoms with Crippen LogP contribution in [-0.4, -0.2) is 16.1 Å². The highest BCUT2D eigenvalue weighted by atomic mass is 79.9. The number of aliphatic carboxylic acids is 1. The molecule has 1 heterocycles. The first-order valence-corrected chi connectivity index (χ1v) is 3.80. The molecular formula is C7H6BrNO2. The van der Waals surface area contributed by atoms with Crippen molar-refractivity contribution in [3.8, 4) is 0 Å². The molecule has 0 aliphatic carbocycles. The first-order chi connectivity index (χ1) is 5.18. The molecule has 0 saturated carbocycles. The van der Waals surface area contributed by atoms with Crippen LogP contribution in [0.25, 0.3) is 0 Å². The Morgan fingerprint density at radius 3 is 3.00 bits per heavy atom. The molecule has 0 atom stereocenters. The summed E-state index contributed by atoms with van der Waals surface area (Å²) in [5, 5.41) is 8.40. The van der Waals surface area contributed by atoms with Gasteiger partial charge in [-0.05, 0) is 12.1 Å². The third-order valence-corrected chi connectivity index (χ3v) is 1.60. The van der Waals surface area contributed by atoms with E-state index in [4.69, 9.17) is 5.11 Å². The summed E-state index contributed by atoms with van der Waals surface area (Å²) in [6, 6.07) is 3.44. The van der Waals surface area contributed by atoms with Crippen LogP contribution in [0.2, 0.25) is 0 Å². The number of nitrogens with zero attached hydrogens (tertiary/aromatic N) is 1. The van der Waals surface area contributed by atoms with Gasteiger partial charge in [0.25, 0.3) is 0 Å². The Bertz CT molecular complexity index is 275. The Morgan fingerprint density at radius 2 is 2.45 bits per heavy atom. The molecule has 1 N–H and O–H groups in total. The quantitative estimate of drug-likeness (QED) is 0.814. The van der Waals surface area contributed by atoms with Crippen molar-refractivity contribution in [1.29, 1.82) is 0 Å². The molecule has 0 spiro atoms. The van der Waals surface area contributed by atoms with Crippen LogP contribution in [0.5, 0.6) is 0 Å². The van der Waals surface area contributed by atoms with Crippen LogP contribution in [0.3, 0.4) is 0 Å². The van der Waals surface area contributed by atoms with E-state index in [0.29, 0.717) is 5.69 Å². The molecule has 0 unspecified atom stereocenters. The van der Waals surface area contributed by atoms with Crippen LogP contribution < -0.4 is 0 Å². The van der Waals surface area contributed by atoms with Crippen LogP contribution in [0.15, 0.2) is 22.8 Å². The fourth-order valence-electron chi connectivity index (χ4n) is 0.700. The molecule has 0 saturated heterocycles. The lowest BCUT2D eigenvalue weighted by Crippen LogP contribution is -2.01. The average molecular weight is 216 g/mol. The monoisotopic (exact) mass is 215 g/mol. The second-order valence-corrected chi connectivity index (χ2v) is 2.95. The number of pyridine rings is 1. The predicted molar refractivity (Wildman–Crippen MR) is 43.3 cm³/mol. The van der Waals surface area contributed by atoms with Gasteiger partial charge in [0, 0.05) is 10.7 Å². The van der Waals surface area contributed by atoms with Gasteiger partial charge in [0.2, 0.25) is 0 Å². The number of hydrogen-bond acceptors (Lipinski definition) is 2. The van der Waals surface area contributed by atoms with Crippen LogP contribution in [0.1, 0.15) is 5.69 Å². The van der Waals surface area contributed by atoms with Gasteiger partial charge in [0.15, 0.2) is 0 Å². The van der Waals surface area contributed by atoms with Gasteiger partial charge in [0.05, 0.1) is 12.1 Å². The van der Waals surface area contributed by atoms with E-state index in [1.165, 1.54) is 0 Å². The molecule has 0 aliphatic heterocycles. The first kappa shape index (κ1) is 8.20. The maximum atomic E-state index is 10.2. The first-order valence-electron chi connectivity index (χ1n) is 3.00. The van der Waals surface area contributed by atoms with E-state index in [-0.39, 0.29) is 6.42 Å². The number of halogens is 1. The van der Waals surface area contributed by atoms with Gasteiger partial charge in [-0.1, -0.05) is 15.9 Å². The van der Waals surface area contributed by atoms with E-state index < -0.39 is 5.97 Å². The molecule has 3 nitrogen and oxygen atoms in total. The van der Waals surface area contributed by atoms with E-state index in [0.717, 1.165) is 4.47 Å². The molecule has 0 bridgehead atoms. The van der Waals surface area contributed by atoms with E-state index in [9.17, 15) is 4.79 Å². The van der Waals surface area contributed by atoms with Crippen molar-refractivity contribution in [2.24, 2.45) is 0 Å². The Morgan fingerprint density at radius 1 is 1.73 bits per heavy atom. The highest BCUT2D eigenvalue weighted by molar-refractivity contribution is 9.10. The SMILES string of the molecule is O=C(O)Cc1cc(Br)ccn1. The summed E-state index contributed by atoms with van der Waals surface area (Å²) >= 11 is 3.22. The van der Waals surface area contributed by atoms with E-state index in [1.807, 2.05) is 0 Å². The van der Waals surface area contributed by atoms with E-state index in [1.54, 1.807) is 18.3 Å². The van der Waals surface area contributed by atoms with Gasteiger partial charge in [-0.3, -0.25) is 9.78 Å². The zero-order valence-corrected chi connectivity index (χ0v) is 7.21. The average Bonchev–Trinajstić information content (AvgIpc) is 1.85. The van der Waals surface area contributed by atoms with Crippen molar-refractivity contribution < 1.29 is 9.90 Å². The number of aromatic nitrogens is 1. The van der Waals surface area contributed by atoms with Gasteiger partial charge >= 0.3 is 5.97 Å². The van der Waals surface area contributed by atoms with Crippen LogP contribution in [0, 0.1) is 0 Å².